The maximum Gasteiger partial charge on any atom is 0.416 e. The van der Waals surface area contributed by atoms with Gasteiger partial charge in [0.05, 0.1) is 61.5 Å². The summed E-state index contributed by atoms with van der Waals surface area (Å²) in [6.45, 7) is 25.9. The Hall–Kier alpha value is -3.42. The third-order valence-electron chi connectivity index (χ3n) is 17.2. The molecule has 92 heavy (non-hydrogen) atoms. The molecule has 2 amide bonds. The number of carbonyl (C=O) groups excluding carboxylic acids is 2. The van der Waals surface area contributed by atoms with Gasteiger partial charge in [-0.1, -0.05) is 25.7 Å². The smallest absolute Gasteiger partial charge is 0.416 e. The molecule has 10 rings (SSSR count). The Bertz CT molecular complexity index is 3560. The Morgan fingerprint density at radius 1 is 0.652 bits per heavy atom. The van der Waals surface area contributed by atoms with E-state index in [2.05, 4.69) is 30.1 Å². The molecule has 12 atom stereocenters. The second-order valence-corrected chi connectivity index (χ2v) is 38.6. The predicted octanol–water partition coefficient (Wildman–Crippen LogP) is 10.6. The fraction of sp³-hybridized carbons (Fsp3) is 0.793. The fourth-order valence-corrected chi connectivity index (χ4v) is 20.7. The van der Waals surface area contributed by atoms with Crippen LogP contribution in [0.25, 0.3) is 22.1 Å². The Morgan fingerprint density at radius 2 is 1.04 bits per heavy atom. The molecule has 0 radical (unpaired) electrons. The monoisotopic (exact) mass is 1410 g/mol. The number of sulfone groups is 1. The minimum Gasteiger partial charge on any atom is -0.443 e. The van der Waals surface area contributed by atoms with Crippen LogP contribution in [0, 0.1) is 0 Å². The van der Waals surface area contributed by atoms with Crippen LogP contribution in [0.15, 0.2) is 12.4 Å². The number of nitrogens with zero attached hydrogens (tertiary/aromatic N) is 10. The van der Waals surface area contributed by atoms with Crippen LogP contribution in [-0.2, 0) is 65.9 Å². The minimum absolute atomic E-state index is 0.00160. The van der Waals surface area contributed by atoms with Gasteiger partial charge in [0.2, 0.25) is 25.3 Å². The molecule has 4 saturated heterocycles. The largest absolute Gasteiger partial charge is 0.443 e. The minimum atomic E-state index is -4.34. The molecule has 4 aromatic heterocycles. The van der Waals surface area contributed by atoms with Crippen LogP contribution in [-0.4, -0.2) is 202 Å². The topological polar surface area (TPSA) is 329 Å². The van der Waals surface area contributed by atoms with Crippen molar-refractivity contribution in [1.82, 2.24) is 39.5 Å². The number of thioether (sulfide) groups is 1. The van der Waals surface area contributed by atoms with Gasteiger partial charge >= 0.3 is 12.2 Å². The lowest BCUT2D eigenvalue weighted by Crippen LogP contribution is -2.46. The molecule has 2 N–H and O–H groups in total. The molecule has 4 aliphatic heterocycles. The number of rotatable bonds is 20. The summed E-state index contributed by atoms with van der Waals surface area (Å²) in [5.74, 6) is -1.76. The second-order valence-electron chi connectivity index (χ2n) is 27.4. The van der Waals surface area contributed by atoms with Crippen molar-refractivity contribution in [2.75, 3.05) is 61.1 Å². The zero-order chi connectivity index (χ0) is 67.7. The molecule has 2 saturated carbocycles. The van der Waals surface area contributed by atoms with Crippen LogP contribution in [0.1, 0.15) is 161 Å². The Kier molecular flexibility index (Phi) is 21.5. The first-order valence-corrected chi connectivity index (χ1v) is 38.7. The maximum atomic E-state index is 13.9. The molecule has 0 bridgehead atoms. The highest BCUT2D eigenvalue weighted by atomic mass is 35.5. The van der Waals surface area contributed by atoms with E-state index >= 15 is 0 Å². The van der Waals surface area contributed by atoms with E-state index in [4.69, 9.17) is 70.1 Å². The van der Waals surface area contributed by atoms with Gasteiger partial charge in [-0.3, -0.25) is 18.9 Å². The summed E-state index contributed by atoms with van der Waals surface area (Å²) in [6.07, 6.45) is 2.80. The van der Waals surface area contributed by atoms with E-state index in [1.165, 1.54) is 41.1 Å². The van der Waals surface area contributed by atoms with Gasteiger partial charge < -0.3 is 57.2 Å². The molecule has 6 fully saturated rings. The van der Waals surface area contributed by atoms with Gasteiger partial charge in [-0.15, -0.1) is 11.8 Å². The number of anilines is 2. The summed E-state index contributed by atoms with van der Waals surface area (Å²) < 4.78 is 115. The lowest BCUT2D eigenvalue weighted by Gasteiger charge is -2.34. The highest BCUT2D eigenvalue weighted by Gasteiger charge is 2.61. The zero-order valence-corrected chi connectivity index (χ0v) is 60.1. The summed E-state index contributed by atoms with van der Waals surface area (Å²) in [4.78, 5) is 48.2. The van der Waals surface area contributed by atoms with Crippen LogP contribution in [0.2, 0.25) is 10.6 Å². The van der Waals surface area contributed by atoms with Crippen molar-refractivity contribution < 1.29 is 84.3 Å². The van der Waals surface area contributed by atoms with Crippen molar-refractivity contribution in [3.05, 3.63) is 23.0 Å². The zero-order valence-electron chi connectivity index (χ0n) is 55.2. The molecule has 0 aromatic carbocycles. The van der Waals surface area contributed by atoms with E-state index in [1.54, 1.807) is 77.8 Å². The molecule has 8 heterocycles. The lowest BCUT2D eigenvalue weighted by atomic mass is 10.1. The average molecular weight is 1410 g/mol. The van der Waals surface area contributed by atoms with E-state index < -0.39 is 130 Å². The first-order chi connectivity index (χ1) is 42.7. The van der Waals surface area contributed by atoms with Crippen molar-refractivity contribution in [3.63, 3.8) is 0 Å². The Labute approximate surface area is 551 Å². The van der Waals surface area contributed by atoms with E-state index in [0.717, 1.165) is 51.4 Å². The molecular formula is C58H90Cl2N10O18P2S2. The van der Waals surface area contributed by atoms with Crippen molar-refractivity contribution in [2.24, 2.45) is 0 Å². The van der Waals surface area contributed by atoms with Gasteiger partial charge in [-0.05, 0) is 146 Å². The van der Waals surface area contributed by atoms with Crippen LogP contribution in [0.5, 0.6) is 0 Å². The summed E-state index contributed by atoms with van der Waals surface area (Å²) in [5.41, 5.74) is -0.873. The van der Waals surface area contributed by atoms with Crippen molar-refractivity contribution in [3.8, 4) is 0 Å². The molecule has 28 nitrogen and oxygen atoms in total. The Balaban J connectivity index is 0.000000218. The number of aliphatic hydroxyl groups is 2. The molecule has 0 spiro atoms. The van der Waals surface area contributed by atoms with Crippen molar-refractivity contribution in [1.29, 1.82) is 0 Å². The van der Waals surface area contributed by atoms with Gasteiger partial charge in [0.25, 0.3) is 0 Å². The predicted molar refractivity (Wildman–Crippen MR) is 346 cm³/mol. The van der Waals surface area contributed by atoms with Gasteiger partial charge in [0, 0.05) is 31.2 Å². The number of ether oxygens (including phenoxy) is 8. The average Bonchev–Trinajstić information content (AvgIpc) is 1.46. The van der Waals surface area contributed by atoms with Crippen LogP contribution in [0.3, 0.4) is 0 Å². The normalized spacial score (nSPS) is 27.6. The first-order valence-electron chi connectivity index (χ1n) is 31.1. The van der Waals surface area contributed by atoms with Crippen molar-refractivity contribution >= 4 is 105 Å². The number of halogens is 2. The summed E-state index contributed by atoms with van der Waals surface area (Å²) in [7, 11) is -11.4. The van der Waals surface area contributed by atoms with Crippen molar-refractivity contribution in [2.45, 2.75) is 241 Å². The molecular weight excluding hydrogens is 1320 g/mol. The van der Waals surface area contributed by atoms with Gasteiger partial charge in [0.1, 0.15) is 46.2 Å². The number of fused-ring (bicyclic) bond motifs is 4. The molecule has 34 heteroatoms. The molecule has 6 aliphatic rings. The molecule has 516 valence electrons. The lowest BCUT2D eigenvalue weighted by molar-refractivity contribution is -0.195. The van der Waals surface area contributed by atoms with Gasteiger partial charge in [-0.2, -0.15) is 30.1 Å². The molecule has 2 aliphatic carbocycles. The van der Waals surface area contributed by atoms with E-state index in [9.17, 15) is 37.4 Å². The fourth-order valence-electron chi connectivity index (χ4n) is 12.4. The van der Waals surface area contributed by atoms with E-state index in [1.807, 2.05) is 34.6 Å². The molecule has 4 aromatic rings. The maximum absolute atomic E-state index is 13.9. The number of aromatic nitrogens is 8. The molecule has 4 unspecified atom stereocenters. The Morgan fingerprint density at radius 3 is 1.43 bits per heavy atom. The summed E-state index contributed by atoms with van der Waals surface area (Å²) in [6, 6.07) is -0.284. The first kappa shape index (κ1) is 72.8. The number of carbonyl (C=O) groups is 2. The van der Waals surface area contributed by atoms with E-state index in [-0.39, 0.29) is 53.9 Å². The quantitative estimate of drug-likeness (QED) is 0.0613. The van der Waals surface area contributed by atoms with Gasteiger partial charge in [0.15, 0.2) is 61.3 Å². The SMILES string of the molecule is CCOP(C)(=O)C(C)(CO)S(=O)(=O)C[C@H]1O[C@@H](n2ncc3c(N(C(=O)OC(C)(C)C)C4CCCC4)nc(Cl)nc32)[C@@H]2OC(C)(C)O[C@@H]21.CCOP(C)(=O)C(C)(CO)SC[C@H]1O[C@@H](n2ncc3c(N(C(=O)OC(C)(C)C)C4CCCC4)nc(Cl)nc32)[C@@H]2OC(C)(C)O[C@@H]21. The highest BCUT2D eigenvalue weighted by molar-refractivity contribution is 8.07. The summed E-state index contributed by atoms with van der Waals surface area (Å²) in [5, 5.41) is 30.4. The highest BCUT2D eigenvalue weighted by Crippen LogP contribution is 2.62. The van der Waals surface area contributed by atoms with E-state index in [0.29, 0.717) is 28.0 Å². The number of hydrogen-bond donors (Lipinski definition) is 2. The standard InChI is InChI=1S/C29H45ClN5O10PS.C29H45ClN5O8PS/c1-9-41-46(8,38)29(7,16-36)47(39,40)15-19-20-21(44-28(5,6)43-20)24(42-19)35-23-18(14-31-35)22(32-25(30)33-23)34(17-12-10-11-13-17)26(37)45-27(2,3)4;1-9-39-44(8,38)29(7,16-36)45-15-19-20-21(42-28(5,6)41-20)24(40-19)35-23-18(14-31-35)22(32-25(30)33-23)34(17-12-10-11-13-17)26(37)43-27(2,3)4/h14,17,19-21,24,36H,9-13,15-16H2,1-8H3;14,17,19-21,24,36H,9-13,15-16H2,1-8H3/t19-,20-,21-,24-,29?,46?;19-,20-,21-,24-,29?,44?/m11/s1. The third-order valence-corrected chi connectivity index (χ3v) is 29.5. The third kappa shape index (κ3) is 14.9. The second kappa shape index (κ2) is 27.1. The van der Waals surface area contributed by atoms with Crippen LogP contribution >= 0.6 is 49.7 Å². The number of hydrogen-bond acceptors (Lipinski definition) is 25. The number of aliphatic hydroxyl groups excluding tert-OH is 2. The van der Waals surface area contributed by atoms with Gasteiger partial charge in [-0.25, -0.2) is 27.4 Å². The summed E-state index contributed by atoms with van der Waals surface area (Å²) >= 11 is 14.3. The van der Waals surface area contributed by atoms with Crippen LogP contribution in [0.4, 0.5) is 21.2 Å². The number of amides is 2. The van der Waals surface area contributed by atoms with Crippen LogP contribution < -0.4 is 9.80 Å².